The topological polar surface area (TPSA) is 264 Å². The number of carbonyl (C=O) groups is 4. The van der Waals surface area contributed by atoms with Crippen LogP contribution in [-0.2, 0) is 23.9 Å². The zero-order valence-electron chi connectivity index (χ0n) is 23.5. The van der Waals surface area contributed by atoms with Crippen LogP contribution in [0, 0.1) is 0 Å². The second-order valence-electron chi connectivity index (χ2n) is 9.93. The van der Waals surface area contributed by atoms with Gasteiger partial charge in [0.1, 0.15) is 0 Å². The van der Waals surface area contributed by atoms with E-state index in [1.54, 1.807) is 0 Å². The van der Waals surface area contributed by atoms with E-state index < -0.39 is 94.0 Å². The van der Waals surface area contributed by atoms with E-state index >= 15 is 0 Å². The maximum atomic E-state index is 12.8. The minimum atomic E-state index is -1.28. The molecule has 0 radical (unpaired) electrons. The molecule has 0 saturated carbocycles. The lowest BCUT2D eigenvalue weighted by molar-refractivity contribution is -0.144. The molecule has 0 unspecified atom stereocenters. The molecule has 0 spiro atoms. The maximum absolute atomic E-state index is 12.8. The van der Waals surface area contributed by atoms with Crippen molar-refractivity contribution < 1.29 is 64.8 Å². The monoisotopic (exact) mass is 611 g/mol. The summed E-state index contributed by atoms with van der Waals surface area (Å²) in [7, 11) is 0. The molecule has 0 aliphatic carbocycles. The number of amides is 1. The van der Waals surface area contributed by atoms with Gasteiger partial charge in [0.2, 0.25) is 5.91 Å². The summed E-state index contributed by atoms with van der Waals surface area (Å²) in [5.41, 5.74) is 0. The molecule has 42 heavy (non-hydrogen) atoms. The van der Waals surface area contributed by atoms with Crippen LogP contribution in [0.1, 0.15) is 0 Å². The Morgan fingerprint density at radius 2 is 0.905 bits per heavy atom. The third kappa shape index (κ3) is 13.6. The van der Waals surface area contributed by atoms with E-state index in [0.29, 0.717) is 0 Å². The molecule has 9 N–H and O–H groups in total. The molecule has 1 aliphatic heterocycles. The Morgan fingerprint density at radius 3 is 1.19 bits per heavy atom. The molecule has 0 aromatic heterocycles. The van der Waals surface area contributed by atoms with Gasteiger partial charge in [0, 0.05) is 56.9 Å². The molecule has 1 rings (SSSR count). The number of aliphatic hydroxyl groups excluding tert-OH is 5. The number of aliphatic hydroxyl groups is 5. The average molecular weight is 612 g/mol. The molecule has 1 aliphatic rings. The van der Waals surface area contributed by atoms with Crippen LogP contribution in [0.15, 0.2) is 0 Å². The first-order valence-electron chi connectivity index (χ1n) is 13.5. The fraction of sp³-hybridized carbons (Fsp3) is 0.833. The third-order valence-electron chi connectivity index (χ3n) is 6.86. The van der Waals surface area contributed by atoms with Gasteiger partial charge in [-0.3, -0.25) is 38.8 Å². The zero-order valence-corrected chi connectivity index (χ0v) is 23.5. The van der Waals surface area contributed by atoms with Gasteiger partial charge >= 0.3 is 17.9 Å². The summed E-state index contributed by atoms with van der Waals surface area (Å²) in [5, 5.41) is 81.1. The van der Waals surface area contributed by atoms with Crippen molar-refractivity contribution in [2.24, 2.45) is 0 Å². The number of nitrogens with one attached hydrogen (secondary N) is 1. The van der Waals surface area contributed by atoms with Gasteiger partial charge in [0.15, 0.2) is 0 Å². The minimum Gasteiger partial charge on any atom is -0.480 e. The number of rotatable bonds is 17. The van der Waals surface area contributed by atoms with Crippen LogP contribution in [0.5, 0.6) is 0 Å². The predicted molar refractivity (Wildman–Crippen MR) is 144 cm³/mol. The summed E-state index contributed by atoms with van der Waals surface area (Å²) in [6.45, 7) is -5.37. The first-order chi connectivity index (χ1) is 20.0. The van der Waals surface area contributed by atoms with E-state index in [0.717, 1.165) is 0 Å². The van der Waals surface area contributed by atoms with Crippen molar-refractivity contribution in [3.8, 4) is 0 Å². The van der Waals surface area contributed by atoms with E-state index in [4.69, 9.17) is 9.84 Å². The van der Waals surface area contributed by atoms with Gasteiger partial charge in [-0.25, -0.2) is 0 Å². The molecule has 0 aromatic rings. The van der Waals surface area contributed by atoms with Gasteiger partial charge in [0.25, 0.3) is 0 Å². The number of carboxylic acids is 3. The Balaban J connectivity index is 3.52. The van der Waals surface area contributed by atoms with Gasteiger partial charge in [-0.05, 0) is 0 Å². The SMILES string of the molecule is O=C(O)CN1C[C@@H](CO)N(CC(=O)O)C[C@@H](CO)N(CC(=O)NCCOCCO)C[C@@H](CO)N(CC(=O)O)C[C@H]1CO. The van der Waals surface area contributed by atoms with Crippen LogP contribution in [0.2, 0.25) is 0 Å². The van der Waals surface area contributed by atoms with Crippen molar-refractivity contribution in [2.75, 3.05) is 105 Å². The fourth-order valence-corrected chi connectivity index (χ4v) is 4.80. The largest absolute Gasteiger partial charge is 0.480 e. The van der Waals surface area contributed by atoms with Crippen molar-refractivity contribution in [1.29, 1.82) is 0 Å². The summed E-state index contributed by atoms with van der Waals surface area (Å²) in [4.78, 5) is 53.4. The standard InChI is InChI=1S/C24H45N5O13/c30-2-4-42-3-1-25-21(35)9-26-5-18(14-32)28(11-23(38)39)7-20(16-34)29(12-24(40)41)8-19(15-33)27(10-22(36)37)6-17(26)13-31/h17-20,30-34H,1-16H2,(H,25,35)(H,36,37)(H,38,39)(H,40,41)/t17-,18-,19-,20-/m0/s1. The number of hydrogen-bond acceptors (Lipinski definition) is 14. The lowest BCUT2D eigenvalue weighted by Crippen LogP contribution is -2.62. The summed E-state index contributed by atoms with van der Waals surface area (Å²) in [6.07, 6.45) is 0. The summed E-state index contributed by atoms with van der Waals surface area (Å²) in [6, 6.07) is -3.86. The number of hydrogen-bond donors (Lipinski definition) is 9. The predicted octanol–water partition coefficient (Wildman–Crippen LogP) is -5.97. The van der Waals surface area contributed by atoms with Crippen LogP contribution in [-0.4, -0.2) is 214 Å². The van der Waals surface area contributed by atoms with Gasteiger partial charge in [-0.2, -0.15) is 0 Å². The number of carbonyl (C=O) groups excluding carboxylic acids is 1. The molecule has 244 valence electrons. The number of ether oxygens (including phenoxy) is 1. The van der Waals surface area contributed by atoms with Crippen molar-refractivity contribution >= 4 is 23.8 Å². The first kappa shape index (κ1) is 37.5. The maximum Gasteiger partial charge on any atom is 0.317 e. The number of nitrogens with zero attached hydrogens (tertiary/aromatic N) is 4. The molecular formula is C24H45N5O13. The Morgan fingerprint density at radius 1 is 0.571 bits per heavy atom. The normalized spacial score (nSPS) is 24.0. The van der Waals surface area contributed by atoms with Gasteiger partial charge in [-0.15, -0.1) is 0 Å². The molecule has 18 nitrogen and oxygen atoms in total. The van der Waals surface area contributed by atoms with Gasteiger partial charge < -0.3 is 50.9 Å². The van der Waals surface area contributed by atoms with Crippen LogP contribution in [0.4, 0.5) is 0 Å². The van der Waals surface area contributed by atoms with Crippen LogP contribution in [0.3, 0.4) is 0 Å². The smallest absolute Gasteiger partial charge is 0.317 e. The molecule has 18 heteroatoms. The summed E-state index contributed by atoms with van der Waals surface area (Å²) < 4.78 is 5.11. The van der Waals surface area contributed by atoms with Crippen molar-refractivity contribution in [1.82, 2.24) is 24.9 Å². The summed E-state index contributed by atoms with van der Waals surface area (Å²) >= 11 is 0. The molecular weight excluding hydrogens is 566 g/mol. The van der Waals surface area contributed by atoms with E-state index in [9.17, 15) is 54.9 Å². The highest BCUT2D eigenvalue weighted by molar-refractivity contribution is 5.78. The van der Waals surface area contributed by atoms with Crippen molar-refractivity contribution in [3.63, 3.8) is 0 Å². The van der Waals surface area contributed by atoms with E-state index in [1.165, 1.54) is 19.6 Å². The highest BCUT2D eigenvalue weighted by Gasteiger charge is 2.36. The Kier molecular flexibility index (Phi) is 18.2. The highest BCUT2D eigenvalue weighted by atomic mass is 16.5. The van der Waals surface area contributed by atoms with Crippen molar-refractivity contribution in [3.05, 3.63) is 0 Å². The van der Waals surface area contributed by atoms with Gasteiger partial charge in [-0.1, -0.05) is 0 Å². The average Bonchev–Trinajstić information content (AvgIpc) is 2.92. The van der Waals surface area contributed by atoms with Crippen molar-refractivity contribution in [2.45, 2.75) is 24.2 Å². The Labute approximate surface area is 243 Å². The molecule has 4 atom stereocenters. The van der Waals surface area contributed by atoms with Crippen LogP contribution in [0.25, 0.3) is 0 Å². The zero-order chi connectivity index (χ0) is 31.7. The van der Waals surface area contributed by atoms with Crippen LogP contribution >= 0.6 is 0 Å². The van der Waals surface area contributed by atoms with E-state index in [2.05, 4.69) is 5.32 Å². The number of aliphatic carboxylic acids is 3. The molecule has 1 amide bonds. The first-order valence-corrected chi connectivity index (χ1v) is 13.5. The molecule has 0 aromatic carbocycles. The van der Waals surface area contributed by atoms with E-state index in [-0.39, 0.29) is 59.1 Å². The molecule has 1 saturated heterocycles. The molecule has 1 fully saturated rings. The number of carboxylic acid groups (broad SMARTS) is 3. The second kappa shape index (κ2) is 20.4. The van der Waals surface area contributed by atoms with E-state index in [1.807, 2.05) is 0 Å². The quantitative estimate of drug-likeness (QED) is 0.0693. The Hall–Kier alpha value is -2.52. The second-order valence-corrected chi connectivity index (χ2v) is 9.93. The molecule has 0 bridgehead atoms. The molecule has 1 heterocycles. The minimum absolute atomic E-state index is 0.0797. The lowest BCUT2D eigenvalue weighted by atomic mass is 10.1. The Bertz CT molecular complexity index is 825. The fourth-order valence-electron chi connectivity index (χ4n) is 4.80. The third-order valence-corrected chi connectivity index (χ3v) is 6.86. The van der Waals surface area contributed by atoms with Crippen LogP contribution < -0.4 is 5.32 Å². The lowest BCUT2D eigenvalue weighted by Gasteiger charge is -2.44. The summed E-state index contributed by atoms with van der Waals surface area (Å²) in [5.74, 6) is -4.33. The highest BCUT2D eigenvalue weighted by Crippen LogP contribution is 2.16. The van der Waals surface area contributed by atoms with Gasteiger partial charge in [0.05, 0.1) is 72.4 Å².